The number of esters is 1. The molecule has 2 aromatic carbocycles. The molecule has 0 N–H and O–H groups in total. The standard InChI is InChI=1S/C18H19NO4/c1-13-6-4-5-7-17(13)22-12-15-8-10-16(11-9-15)23-18(20)14(2)19-21-3/h4-11H,12H2,1-3H3. The molecule has 0 atom stereocenters. The first-order valence-corrected chi connectivity index (χ1v) is 7.17. The highest BCUT2D eigenvalue weighted by molar-refractivity contribution is 6.35. The lowest BCUT2D eigenvalue weighted by molar-refractivity contribution is -0.127. The van der Waals surface area contributed by atoms with Crippen LogP contribution in [0.3, 0.4) is 0 Å². The monoisotopic (exact) mass is 313 g/mol. The zero-order chi connectivity index (χ0) is 16.7. The number of oxime groups is 1. The minimum atomic E-state index is -0.546. The van der Waals surface area contributed by atoms with Crippen molar-refractivity contribution in [2.75, 3.05) is 7.11 Å². The van der Waals surface area contributed by atoms with Crippen molar-refractivity contribution in [2.45, 2.75) is 20.5 Å². The largest absolute Gasteiger partial charge is 0.489 e. The zero-order valence-corrected chi connectivity index (χ0v) is 13.4. The Morgan fingerprint density at radius 1 is 1.09 bits per heavy atom. The van der Waals surface area contributed by atoms with Crippen molar-refractivity contribution in [1.29, 1.82) is 0 Å². The number of ether oxygens (including phenoxy) is 2. The van der Waals surface area contributed by atoms with Crippen LogP contribution < -0.4 is 9.47 Å². The van der Waals surface area contributed by atoms with Crippen molar-refractivity contribution >= 4 is 11.7 Å². The molecular weight excluding hydrogens is 294 g/mol. The first kappa shape index (κ1) is 16.5. The Labute approximate surface area is 135 Å². The molecule has 5 heteroatoms. The summed E-state index contributed by atoms with van der Waals surface area (Å²) in [6.07, 6.45) is 0. The molecule has 0 aliphatic heterocycles. The average molecular weight is 313 g/mol. The molecule has 0 aliphatic rings. The van der Waals surface area contributed by atoms with E-state index in [1.54, 1.807) is 12.1 Å². The van der Waals surface area contributed by atoms with E-state index in [9.17, 15) is 4.79 Å². The fourth-order valence-electron chi connectivity index (χ4n) is 1.89. The number of aryl methyl sites for hydroxylation is 1. The number of carbonyl (C=O) groups is 1. The van der Waals surface area contributed by atoms with Gasteiger partial charge >= 0.3 is 5.97 Å². The van der Waals surface area contributed by atoms with Crippen LogP contribution >= 0.6 is 0 Å². The molecule has 120 valence electrons. The third kappa shape index (κ3) is 4.85. The highest BCUT2D eigenvalue weighted by Gasteiger charge is 2.09. The van der Waals surface area contributed by atoms with Gasteiger partial charge in [0.05, 0.1) is 0 Å². The third-order valence-electron chi connectivity index (χ3n) is 3.15. The summed E-state index contributed by atoms with van der Waals surface area (Å²) in [4.78, 5) is 16.2. The molecule has 0 fully saturated rings. The molecule has 0 saturated heterocycles. The lowest BCUT2D eigenvalue weighted by Crippen LogP contribution is -2.17. The molecule has 0 aromatic heterocycles. The van der Waals surface area contributed by atoms with E-state index in [4.69, 9.17) is 9.47 Å². The molecule has 0 saturated carbocycles. The SMILES string of the molecule is CON=C(C)C(=O)Oc1ccc(COc2ccccc2C)cc1. The Morgan fingerprint density at radius 2 is 1.78 bits per heavy atom. The first-order valence-electron chi connectivity index (χ1n) is 7.17. The van der Waals surface area contributed by atoms with Crippen molar-refractivity contribution in [3.05, 3.63) is 59.7 Å². The highest BCUT2D eigenvalue weighted by atomic mass is 16.6. The van der Waals surface area contributed by atoms with E-state index >= 15 is 0 Å². The van der Waals surface area contributed by atoms with Crippen LogP contribution in [0.1, 0.15) is 18.1 Å². The molecule has 0 unspecified atom stereocenters. The second-order valence-corrected chi connectivity index (χ2v) is 4.95. The molecule has 0 heterocycles. The molecule has 0 bridgehead atoms. The lowest BCUT2D eigenvalue weighted by atomic mass is 10.2. The van der Waals surface area contributed by atoms with Gasteiger partial charge in [-0.1, -0.05) is 35.5 Å². The van der Waals surface area contributed by atoms with E-state index in [2.05, 4.69) is 9.99 Å². The number of para-hydroxylation sites is 1. The fraction of sp³-hybridized carbons (Fsp3) is 0.222. The Bertz CT molecular complexity index is 692. The van der Waals surface area contributed by atoms with Gasteiger partial charge in [-0.3, -0.25) is 0 Å². The third-order valence-corrected chi connectivity index (χ3v) is 3.15. The smallest absolute Gasteiger partial charge is 0.361 e. The molecule has 0 radical (unpaired) electrons. The van der Waals surface area contributed by atoms with E-state index < -0.39 is 5.97 Å². The molecule has 0 spiro atoms. The summed E-state index contributed by atoms with van der Waals surface area (Å²) in [5.41, 5.74) is 2.22. The maximum absolute atomic E-state index is 11.7. The summed E-state index contributed by atoms with van der Waals surface area (Å²) in [6.45, 7) is 3.97. The highest BCUT2D eigenvalue weighted by Crippen LogP contribution is 2.19. The van der Waals surface area contributed by atoms with Crippen molar-refractivity contribution in [2.24, 2.45) is 5.16 Å². The van der Waals surface area contributed by atoms with E-state index in [1.165, 1.54) is 14.0 Å². The Kier molecular flexibility index (Phi) is 5.74. The van der Waals surface area contributed by atoms with Crippen molar-refractivity contribution in [3.63, 3.8) is 0 Å². The molecule has 0 amide bonds. The topological polar surface area (TPSA) is 57.1 Å². The molecule has 23 heavy (non-hydrogen) atoms. The summed E-state index contributed by atoms with van der Waals surface area (Å²) in [5.74, 6) is 0.755. The number of benzene rings is 2. The minimum absolute atomic E-state index is 0.152. The predicted octanol–water partition coefficient (Wildman–Crippen LogP) is 3.50. The quantitative estimate of drug-likeness (QED) is 0.354. The second-order valence-electron chi connectivity index (χ2n) is 4.95. The van der Waals surface area contributed by atoms with Crippen LogP contribution in [0.5, 0.6) is 11.5 Å². The van der Waals surface area contributed by atoms with Crippen LogP contribution in [0.4, 0.5) is 0 Å². The van der Waals surface area contributed by atoms with E-state index in [1.807, 2.05) is 43.3 Å². The van der Waals surface area contributed by atoms with Crippen LogP contribution in [-0.4, -0.2) is 18.8 Å². The maximum atomic E-state index is 11.7. The lowest BCUT2D eigenvalue weighted by Gasteiger charge is -2.09. The Hall–Kier alpha value is -2.82. The zero-order valence-electron chi connectivity index (χ0n) is 13.4. The van der Waals surface area contributed by atoms with Gasteiger partial charge in [-0.2, -0.15) is 0 Å². The molecule has 2 rings (SSSR count). The normalized spacial score (nSPS) is 11.0. The Morgan fingerprint density at radius 3 is 2.43 bits per heavy atom. The summed E-state index contributed by atoms with van der Waals surface area (Å²) in [5, 5.41) is 3.53. The summed E-state index contributed by atoms with van der Waals surface area (Å²) in [7, 11) is 1.38. The van der Waals surface area contributed by atoms with Gasteiger partial charge in [0, 0.05) is 0 Å². The molecular formula is C18H19NO4. The predicted molar refractivity (Wildman–Crippen MR) is 87.7 cm³/mol. The molecule has 0 aliphatic carbocycles. The van der Waals surface area contributed by atoms with Crippen LogP contribution in [0.2, 0.25) is 0 Å². The van der Waals surface area contributed by atoms with Crippen molar-refractivity contribution in [1.82, 2.24) is 0 Å². The fourth-order valence-corrected chi connectivity index (χ4v) is 1.89. The number of carbonyl (C=O) groups excluding carboxylic acids is 1. The van der Waals surface area contributed by atoms with Gasteiger partial charge in [-0.15, -0.1) is 0 Å². The van der Waals surface area contributed by atoms with E-state index in [0.29, 0.717) is 12.4 Å². The van der Waals surface area contributed by atoms with Crippen molar-refractivity contribution in [3.8, 4) is 11.5 Å². The Balaban J connectivity index is 1.93. The number of hydrogen-bond acceptors (Lipinski definition) is 5. The second kappa shape index (κ2) is 7.98. The van der Waals surface area contributed by atoms with Crippen LogP contribution in [0.25, 0.3) is 0 Å². The van der Waals surface area contributed by atoms with Gasteiger partial charge in [0.25, 0.3) is 0 Å². The van der Waals surface area contributed by atoms with Crippen molar-refractivity contribution < 1.29 is 19.1 Å². The average Bonchev–Trinajstić information content (AvgIpc) is 2.55. The van der Waals surface area contributed by atoms with Gasteiger partial charge in [-0.25, -0.2) is 4.79 Å². The molecule has 2 aromatic rings. The van der Waals surface area contributed by atoms with Crippen LogP contribution in [0.15, 0.2) is 53.7 Å². The van der Waals surface area contributed by atoms with Crippen LogP contribution in [-0.2, 0) is 16.2 Å². The summed E-state index contributed by atoms with van der Waals surface area (Å²) < 4.78 is 10.9. The number of hydrogen-bond donors (Lipinski definition) is 0. The maximum Gasteiger partial charge on any atom is 0.361 e. The summed E-state index contributed by atoms with van der Waals surface area (Å²) in [6, 6.07) is 15.0. The van der Waals surface area contributed by atoms with Gasteiger partial charge in [0.15, 0.2) is 5.71 Å². The van der Waals surface area contributed by atoms with Crippen LogP contribution in [0, 0.1) is 6.92 Å². The first-order chi connectivity index (χ1) is 11.1. The summed E-state index contributed by atoms with van der Waals surface area (Å²) >= 11 is 0. The van der Waals surface area contributed by atoms with E-state index in [-0.39, 0.29) is 5.71 Å². The molecule has 5 nitrogen and oxygen atoms in total. The van der Waals surface area contributed by atoms with E-state index in [0.717, 1.165) is 16.9 Å². The van der Waals surface area contributed by atoms with Gasteiger partial charge < -0.3 is 14.3 Å². The van der Waals surface area contributed by atoms with Gasteiger partial charge in [0.1, 0.15) is 25.2 Å². The number of nitrogens with zero attached hydrogens (tertiary/aromatic N) is 1. The van der Waals surface area contributed by atoms with Gasteiger partial charge in [-0.05, 0) is 43.2 Å². The van der Waals surface area contributed by atoms with Gasteiger partial charge in [0.2, 0.25) is 0 Å². The minimum Gasteiger partial charge on any atom is -0.489 e. The number of rotatable bonds is 6.